The fourth-order valence-corrected chi connectivity index (χ4v) is 3.43. The van der Waals surface area contributed by atoms with Crippen LogP contribution in [0.4, 0.5) is 0 Å². The number of carboxylic acid groups (broad SMARTS) is 1. The number of aliphatic hydroxyl groups excluding tert-OH is 1. The Morgan fingerprint density at radius 1 is 1.44 bits per heavy atom. The number of aromatic carboxylic acids is 1. The Balaban J connectivity index is 1.97. The van der Waals surface area contributed by atoms with Crippen molar-refractivity contribution in [3.8, 4) is 23.7 Å². The van der Waals surface area contributed by atoms with Gasteiger partial charge in [0.1, 0.15) is 4.88 Å². The molecule has 1 fully saturated rings. The van der Waals surface area contributed by atoms with E-state index in [4.69, 9.17) is 5.11 Å². The highest BCUT2D eigenvalue weighted by atomic mass is 32.1. The van der Waals surface area contributed by atoms with E-state index in [1.165, 1.54) is 6.07 Å². The summed E-state index contributed by atoms with van der Waals surface area (Å²) in [4.78, 5) is 25.6. The Morgan fingerprint density at radius 2 is 2.22 bits per heavy atom. The van der Waals surface area contributed by atoms with Crippen LogP contribution < -0.4 is 0 Å². The second kappa shape index (κ2) is 9.97. The number of likely N-dealkylation sites (tertiary alicyclic amines) is 1. The molecular formula is C21H23NO4S. The number of thiophene rings is 1. The Morgan fingerprint density at radius 3 is 2.89 bits per heavy atom. The summed E-state index contributed by atoms with van der Waals surface area (Å²) in [5.41, 5.74) is 0. The van der Waals surface area contributed by atoms with Gasteiger partial charge in [-0.05, 0) is 31.4 Å². The molecule has 0 aliphatic carbocycles. The molecule has 1 unspecified atom stereocenters. The Hall–Kier alpha value is -2.54. The zero-order chi connectivity index (χ0) is 19.8. The molecule has 0 spiro atoms. The van der Waals surface area contributed by atoms with Crippen LogP contribution in [0.15, 0.2) is 24.3 Å². The Kier molecular flexibility index (Phi) is 7.67. The quantitative estimate of drug-likeness (QED) is 0.583. The van der Waals surface area contributed by atoms with Crippen LogP contribution in [-0.4, -0.2) is 45.7 Å². The minimum Gasteiger partial charge on any atom is -0.477 e. The molecule has 1 aromatic rings. The molecule has 1 amide bonds. The van der Waals surface area contributed by atoms with Crippen molar-refractivity contribution in [1.82, 2.24) is 4.90 Å². The largest absolute Gasteiger partial charge is 0.477 e. The van der Waals surface area contributed by atoms with Gasteiger partial charge in [0.2, 0.25) is 5.91 Å². The van der Waals surface area contributed by atoms with E-state index in [1.54, 1.807) is 24.0 Å². The van der Waals surface area contributed by atoms with Gasteiger partial charge in [0.15, 0.2) is 0 Å². The molecule has 2 rings (SSSR count). The number of carboxylic acids is 1. The van der Waals surface area contributed by atoms with Crippen molar-refractivity contribution in [3.05, 3.63) is 34.0 Å². The van der Waals surface area contributed by atoms with Gasteiger partial charge in [0.25, 0.3) is 0 Å². The number of nitrogens with zero attached hydrogens (tertiary/aromatic N) is 1. The van der Waals surface area contributed by atoms with Crippen LogP contribution in [0.2, 0.25) is 0 Å². The van der Waals surface area contributed by atoms with Crippen LogP contribution in [0.1, 0.15) is 47.7 Å². The highest BCUT2D eigenvalue weighted by Crippen LogP contribution is 2.21. The number of aliphatic hydroxyl groups is 1. The summed E-state index contributed by atoms with van der Waals surface area (Å²) in [5.74, 6) is 10.8. The summed E-state index contributed by atoms with van der Waals surface area (Å²) in [7, 11) is 0. The van der Waals surface area contributed by atoms with E-state index in [0.717, 1.165) is 11.3 Å². The monoisotopic (exact) mass is 385 g/mol. The van der Waals surface area contributed by atoms with Crippen molar-refractivity contribution in [2.75, 3.05) is 6.54 Å². The van der Waals surface area contributed by atoms with Crippen molar-refractivity contribution in [2.24, 2.45) is 5.92 Å². The van der Waals surface area contributed by atoms with Gasteiger partial charge in [-0.3, -0.25) is 4.79 Å². The summed E-state index contributed by atoms with van der Waals surface area (Å²) in [6.07, 6.45) is 4.81. The summed E-state index contributed by atoms with van der Waals surface area (Å²) in [5, 5.41) is 19.1. The zero-order valence-corrected chi connectivity index (χ0v) is 16.3. The average Bonchev–Trinajstić information content (AvgIpc) is 3.25. The number of carbonyl (C=O) groups is 2. The molecule has 5 nitrogen and oxygen atoms in total. The molecule has 1 aromatic heterocycles. The van der Waals surface area contributed by atoms with Crippen molar-refractivity contribution in [3.63, 3.8) is 0 Å². The molecule has 0 saturated carbocycles. The number of hydrogen-bond donors (Lipinski definition) is 2. The number of hydrogen-bond acceptors (Lipinski definition) is 4. The fraction of sp³-hybridized carbons (Fsp3) is 0.429. The molecule has 2 N–H and O–H groups in total. The minimum absolute atomic E-state index is 0.0290. The fourth-order valence-electron chi connectivity index (χ4n) is 2.71. The Labute approximate surface area is 163 Å². The molecule has 1 aliphatic rings. The van der Waals surface area contributed by atoms with E-state index in [2.05, 4.69) is 23.7 Å². The summed E-state index contributed by atoms with van der Waals surface area (Å²) in [6, 6.07) is 3.11. The third-order valence-corrected chi connectivity index (χ3v) is 5.36. The molecular weight excluding hydrogens is 362 g/mol. The predicted octanol–water partition coefficient (Wildman–Crippen LogP) is 2.76. The first-order valence-electron chi connectivity index (χ1n) is 8.79. The van der Waals surface area contributed by atoms with E-state index < -0.39 is 12.1 Å². The first-order chi connectivity index (χ1) is 12.9. The molecule has 142 valence electrons. The van der Waals surface area contributed by atoms with Gasteiger partial charge in [0.05, 0.1) is 23.6 Å². The molecule has 6 heteroatoms. The van der Waals surface area contributed by atoms with Crippen LogP contribution in [0.5, 0.6) is 0 Å². The van der Waals surface area contributed by atoms with E-state index in [-0.39, 0.29) is 29.3 Å². The van der Waals surface area contributed by atoms with Crippen molar-refractivity contribution < 1.29 is 19.8 Å². The van der Waals surface area contributed by atoms with Gasteiger partial charge < -0.3 is 15.1 Å². The van der Waals surface area contributed by atoms with Crippen molar-refractivity contribution in [2.45, 2.75) is 45.3 Å². The van der Waals surface area contributed by atoms with Crippen LogP contribution in [0.3, 0.4) is 0 Å². The molecule has 1 aliphatic heterocycles. The van der Waals surface area contributed by atoms with Gasteiger partial charge in [0, 0.05) is 12.8 Å². The molecule has 27 heavy (non-hydrogen) atoms. The van der Waals surface area contributed by atoms with Crippen LogP contribution in [0.25, 0.3) is 0 Å². The molecule has 2 heterocycles. The normalized spacial score (nSPS) is 18.6. The summed E-state index contributed by atoms with van der Waals surface area (Å²) < 4.78 is 0. The Bertz CT molecular complexity index is 834. The lowest BCUT2D eigenvalue weighted by Crippen LogP contribution is -2.32. The molecule has 3 atom stereocenters. The van der Waals surface area contributed by atoms with E-state index >= 15 is 0 Å². The first-order valence-corrected chi connectivity index (χ1v) is 9.61. The highest BCUT2D eigenvalue weighted by molar-refractivity contribution is 7.14. The topological polar surface area (TPSA) is 77.8 Å². The lowest BCUT2D eigenvalue weighted by atomic mass is 10.00. The number of carbonyl (C=O) groups excluding carboxylic acids is 1. The number of amides is 1. The molecule has 0 radical (unpaired) electrons. The lowest BCUT2D eigenvalue weighted by Gasteiger charge is -2.20. The van der Waals surface area contributed by atoms with Gasteiger partial charge in [-0.1, -0.05) is 30.9 Å². The second-order valence-electron chi connectivity index (χ2n) is 6.38. The second-order valence-corrected chi connectivity index (χ2v) is 7.47. The molecule has 0 aromatic carbocycles. The highest BCUT2D eigenvalue weighted by Gasteiger charge is 2.28. The van der Waals surface area contributed by atoms with Crippen LogP contribution in [-0.2, 0) is 4.79 Å². The third kappa shape index (κ3) is 5.99. The van der Waals surface area contributed by atoms with E-state index in [1.807, 2.05) is 13.0 Å². The SMILES string of the molecule is CC#CC[C@H](C)[C@H](O)C=CC1CCC(=O)N1CC#Cc1ccc(C(=O)O)s1. The summed E-state index contributed by atoms with van der Waals surface area (Å²) in [6.45, 7) is 3.99. The van der Waals surface area contributed by atoms with Crippen molar-refractivity contribution >= 4 is 23.2 Å². The van der Waals surface area contributed by atoms with E-state index in [9.17, 15) is 14.7 Å². The number of rotatable bonds is 6. The third-order valence-electron chi connectivity index (χ3n) is 4.37. The van der Waals surface area contributed by atoms with Gasteiger partial charge in [-0.15, -0.1) is 23.2 Å². The van der Waals surface area contributed by atoms with Gasteiger partial charge >= 0.3 is 5.97 Å². The smallest absolute Gasteiger partial charge is 0.345 e. The zero-order valence-electron chi connectivity index (χ0n) is 15.4. The van der Waals surface area contributed by atoms with Crippen LogP contribution in [0, 0.1) is 29.6 Å². The summed E-state index contributed by atoms with van der Waals surface area (Å²) >= 11 is 1.11. The molecule has 1 saturated heterocycles. The predicted molar refractivity (Wildman–Crippen MR) is 105 cm³/mol. The maximum atomic E-state index is 12.1. The van der Waals surface area contributed by atoms with E-state index in [0.29, 0.717) is 24.1 Å². The first kappa shape index (κ1) is 20.8. The van der Waals surface area contributed by atoms with Gasteiger partial charge in [-0.2, -0.15) is 0 Å². The average molecular weight is 385 g/mol. The standard InChI is InChI=1S/C21H23NO4S/c1-3-4-6-15(2)18(23)11-8-16-9-13-20(24)22(16)14-5-7-17-10-12-19(27-17)21(25)26/h8,10-12,15-16,18,23H,6,9,13-14H2,1-2H3,(H,25,26)/t15-,16?,18+/m0/s1. The maximum absolute atomic E-state index is 12.1. The van der Waals surface area contributed by atoms with Crippen molar-refractivity contribution in [1.29, 1.82) is 0 Å². The van der Waals surface area contributed by atoms with Crippen LogP contribution >= 0.6 is 11.3 Å². The minimum atomic E-state index is -0.967. The maximum Gasteiger partial charge on any atom is 0.345 e. The lowest BCUT2D eigenvalue weighted by molar-refractivity contribution is -0.127. The molecule has 0 bridgehead atoms. The van der Waals surface area contributed by atoms with Gasteiger partial charge in [-0.25, -0.2) is 4.79 Å².